The Kier molecular flexibility index (Phi) is 3.62. The molecule has 3 heteroatoms. The molecular weight excluding hydrogens is 312 g/mol. The molecule has 0 fully saturated rings. The second-order valence-electron chi connectivity index (χ2n) is 5.21. The van der Waals surface area contributed by atoms with Crippen molar-refractivity contribution in [1.82, 2.24) is 9.55 Å². The van der Waals surface area contributed by atoms with E-state index < -0.39 is 0 Å². The largest absolute Gasteiger partial charge is 0.331 e. The van der Waals surface area contributed by atoms with Gasteiger partial charge in [0, 0.05) is 17.9 Å². The summed E-state index contributed by atoms with van der Waals surface area (Å²) in [5.41, 5.74) is 4.93. The molecule has 0 amide bonds. The molecule has 2 nitrogen and oxygen atoms in total. The van der Waals surface area contributed by atoms with Crippen molar-refractivity contribution in [3.05, 3.63) is 63.9 Å². The van der Waals surface area contributed by atoms with Gasteiger partial charge in [0.05, 0.1) is 11.0 Å². The molecular formula is C17H17BrN2. The van der Waals surface area contributed by atoms with Crippen LogP contribution in [0.25, 0.3) is 11.0 Å². The number of rotatable bonds is 3. The fraction of sp³-hybridized carbons (Fsp3) is 0.235. The molecule has 1 heterocycles. The van der Waals surface area contributed by atoms with Gasteiger partial charge >= 0.3 is 0 Å². The zero-order chi connectivity index (χ0) is 14.1. The third-order valence-corrected chi connectivity index (χ3v) is 4.15. The molecule has 0 atom stereocenters. The molecule has 20 heavy (non-hydrogen) atoms. The lowest BCUT2D eigenvalue weighted by molar-refractivity contribution is 0.786. The van der Waals surface area contributed by atoms with Crippen molar-refractivity contribution >= 4 is 27.0 Å². The first-order chi connectivity index (χ1) is 9.63. The minimum atomic E-state index is 0.965. The van der Waals surface area contributed by atoms with Crippen LogP contribution in [0, 0.1) is 6.92 Å². The lowest BCUT2D eigenvalue weighted by atomic mass is 10.1. The topological polar surface area (TPSA) is 17.8 Å². The minimum Gasteiger partial charge on any atom is -0.331 e. The van der Waals surface area contributed by atoms with Crippen LogP contribution in [0.15, 0.2) is 46.9 Å². The van der Waals surface area contributed by atoms with Gasteiger partial charge in [-0.1, -0.05) is 45.8 Å². The third-order valence-electron chi connectivity index (χ3n) is 3.66. The Bertz CT molecular complexity index is 759. The lowest BCUT2D eigenvalue weighted by Crippen LogP contribution is -2.00. The first-order valence-electron chi connectivity index (χ1n) is 6.80. The number of nitrogens with zero attached hydrogens (tertiary/aromatic N) is 2. The van der Waals surface area contributed by atoms with E-state index in [1.807, 2.05) is 0 Å². The van der Waals surface area contributed by atoms with Crippen LogP contribution in [0.5, 0.6) is 0 Å². The van der Waals surface area contributed by atoms with E-state index in [2.05, 4.69) is 76.9 Å². The van der Waals surface area contributed by atoms with Crippen molar-refractivity contribution < 1.29 is 0 Å². The van der Waals surface area contributed by atoms with Crippen molar-refractivity contribution in [1.29, 1.82) is 0 Å². The van der Waals surface area contributed by atoms with Gasteiger partial charge in [0.25, 0.3) is 0 Å². The molecule has 1 aromatic heterocycles. The zero-order valence-electron chi connectivity index (χ0n) is 11.7. The highest BCUT2D eigenvalue weighted by molar-refractivity contribution is 9.10. The highest BCUT2D eigenvalue weighted by Crippen LogP contribution is 2.20. The number of halogens is 1. The number of hydrogen-bond acceptors (Lipinski definition) is 1. The SMILES string of the molecule is Cc1cccc(CCc2nc3cc(Br)ccc3n2C)c1. The Morgan fingerprint density at radius 1 is 1.10 bits per heavy atom. The Labute approximate surface area is 127 Å². The van der Waals surface area contributed by atoms with E-state index in [-0.39, 0.29) is 0 Å². The van der Waals surface area contributed by atoms with Gasteiger partial charge in [-0.15, -0.1) is 0 Å². The molecule has 0 spiro atoms. The molecule has 0 aliphatic heterocycles. The lowest BCUT2D eigenvalue weighted by Gasteiger charge is -2.04. The Hall–Kier alpha value is -1.61. The van der Waals surface area contributed by atoms with Crippen molar-refractivity contribution in [2.45, 2.75) is 19.8 Å². The van der Waals surface area contributed by atoms with E-state index in [9.17, 15) is 0 Å². The standard InChI is InChI=1S/C17H17BrN2/c1-12-4-3-5-13(10-12)6-9-17-19-15-11-14(18)7-8-16(15)20(17)2/h3-5,7-8,10-11H,6,9H2,1-2H3. The highest BCUT2D eigenvalue weighted by atomic mass is 79.9. The number of hydrogen-bond donors (Lipinski definition) is 0. The molecule has 0 radical (unpaired) electrons. The monoisotopic (exact) mass is 328 g/mol. The Morgan fingerprint density at radius 3 is 2.75 bits per heavy atom. The number of imidazole rings is 1. The van der Waals surface area contributed by atoms with Crippen LogP contribution in [0.4, 0.5) is 0 Å². The van der Waals surface area contributed by atoms with Crippen LogP contribution in [-0.2, 0) is 19.9 Å². The molecule has 3 aromatic rings. The van der Waals surface area contributed by atoms with Gasteiger partial charge in [0.1, 0.15) is 5.82 Å². The summed E-state index contributed by atoms with van der Waals surface area (Å²) in [6.07, 6.45) is 1.99. The summed E-state index contributed by atoms with van der Waals surface area (Å²) in [6, 6.07) is 14.9. The van der Waals surface area contributed by atoms with E-state index in [0.717, 1.165) is 28.7 Å². The van der Waals surface area contributed by atoms with Crippen LogP contribution >= 0.6 is 15.9 Å². The predicted molar refractivity (Wildman–Crippen MR) is 87.0 cm³/mol. The summed E-state index contributed by atoms with van der Waals surface area (Å²) in [6.45, 7) is 2.14. The summed E-state index contributed by atoms with van der Waals surface area (Å²) >= 11 is 3.50. The quantitative estimate of drug-likeness (QED) is 0.695. The summed E-state index contributed by atoms with van der Waals surface area (Å²) in [7, 11) is 2.09. The summed E-state index contributed by atoms with van der Waals surface area (Å²) in [4.78, 5) is 4.74. The molecule has 0 N–H and O–H groups in total. The van der Waals surface area contributed by atoms with Crippen LogP contribution < -0.4 is 0 Å². The van der Waals surface area contributed by atoms with Crippen molar-refractivity contribution in [3.8, 4) is 0 Å². The number of benzene rings is 2. The van der Waals surface area contributed by atoms with Gasteiger partial charge in [0.2, 0.25) is 0 Å². The zero-order valence-corrected chi connectivity index (χ0v) is 13.3. The van der Waals surface area contributed by atoms with Crippen LogP contribution in [0.3, 0.4) is 0 Å². The average Bonchev–Trinajstić information content (AvgIpc) is 2.72. The minimum absolute atomic E-state index is 0.965. The fourth-order valence-electron chi connectivity index (χ4n) is 2.57. The molecule has 0 unspecified atom stereocenters. The first-order valence-corrected chi connectivity index (χ1v) is 7.59. The molecule has 0 aliphatic carbocycles. The van der Waals surface area contributed by atoms with Crippen molar-refractivity contribution in [2.75, 3.05) is 0 Å². The smallest absolute Gasteiger partial charge is 0.109 e. The van der Waals surface area contributed by atoms with Crippen molar-refractivity contribution in [3.63, 3.8) is 0 Å². The van der Waals surface area contributed by atoms with E-state index in [4.69, 9.17) is 4.98 Å². The van der Waals surface area contributed by atoms with Gasteiger partial charge in [-0.05, 0) is 37.1 Å². The number of aryl methyl sites for hydroxylation is 4. The maximum Gasteiger partial charge on any atom is 0.109 e. The van der Waals surface area contributed by atoms with E-state index >= 15 is 0 Å². The second kappa shape index (κ2) is 5.41. The second-order valence-corrected chi connectivity index (χ2v) is 6.12. The van der Waals surface area contributed by atoms with E-state index in [1.165, 1.54) is 16.6 Å². The van der Waals surface area contributed by atoms with Gasteiger partial charge in [-0.25, -0.2) is 4.98 Å². The van der Waals surface area contributed by atoms with Gasteiger partial charge < -0.3 is 4.57 Å². The van der Waals surface area contributed by atoms with E-state index in [1.54, 1.807) is 0 Å². The van der Waals surface area contributed by atoms with Crippen LogP contribution in [-0.4, -0.2) is 9.55 Å². The molecule has 102 valence electrons. The molecule has 0 bridgehead atoms. The average molecular weight is 329 g/mol. The Balaban J connectivity index is 1.86. The first kappa shape index (κ1) is 13.4. The molecule has 0 aliphatic rings. The predicted octanol–water partition coefficient (Wildman–Crippen LogP) is 4.43. The normalized spacial score (nSPS) is 11.2. The summed E-state index contributed by atoms with van der Waals surface area (Å²) in [5.74, 6) is 1.14. The maximum atomic E-state index is 4.74. The third kappa shape index (κ3) is 2.63. The number of fused-ring (bicyclic) bond motifs is 1. The van der Waals surface area contributed by atoms with Gasteiger partial charge in [0.15, 0.2) is 0 Å². The molecule has 3 rings (SSSR count). The summed E-state index contributed by atoms with van der Waals surface area (Å²) < 4.78 is 3.27. The molecule has 0 saturated heterocycles. The number of aromatic nitrogens is 2. The summed E-state index contributed by atoms with van der Waals surface area (Å²) in [5, 5.41) is 0. The van der Waals surface area contributed by atoms with Gasteiger partial charge in [-0.2, -0.15) is 0 Å². The van der Waals surface area contributed by atoms with Crippen LogP contribution in [0.2, 0.25) is 0 Å². The van der Waals surface area contributed by atoms with Crippen molar-refractivity contribution in [2.24, 2.45) is 7.05 Å². The fourth-order valence-corrected chi connectivity index (χ4v) is 2.92. The molecule has 0 saturated carbocycles. The Morgan fingerprint density at radius 2 is 1.95 bits per heavy atom. The van der Waals surface area contributed by atoms with E-state index in [0.29, 0.717) is 0 Å². The molecule has 2 aromatic carbocycles. The highest BCUT2D eigenvalue weighted by Gasteiger charge is 2.08. The van der Waals surface area contributed by atoms with Gasteiger partial charge in [-0.3, -0.25) is 0 Å². The van der Waals surface area contributed by atoms with Crippen LogP contribution in [0.1, 0.15) is 17.0 Å². The maximum absolute atomic E-state index is 4.74.